The quantitative estimate of drug-likeness (QED) is 0.609. The molecule has 1 atom stereocenters. The Hall–Kier alpha value is -3.32. The third kappa shape index (κ3) is 3.64. The number of carbonyl (C=O) groups excluding carboxylic acids is 1. The zero-order chi connectivity index (χ0) is 21.3. The third-order valence-corrected chi connectivity index (χ3v) is 5.80. The van der Waals surface area contributed by atoms with E-state index in [1.165, 1.54) is 11.3 Å². The molecule has 1 aromatic carbocycles. The maximum atomic E-state index is 13.4. The molecule has 0 fully saturated rings. The van der Waals surface area contributed by atoms with Crippen molar-refractivity contribution in [1.29, 1.82) is 0 Å². The number of thiazole rings is 1. The molecular weight excluding hydrogens is 398 g/mol. The fraction of sp³-hybridized carbons (Fsp3) is 0.217. The van der Waals surface area contributed by atoms with Crippen molar-refractivity contribution in [1.82, 2.24) is 9.55 Å². The van der Waals surface area contributed by atoms with Gasteiger partial charge in [-0.1, -0.05) is 47.7 Å². The molecular formula is C23H21N3O3S. The molecule has 1 unspecified atom stereocenters. The SMILES string of the molecule is CCOC(=O)C1=C(C)N=c2s/c(=C\c3cccc(C)n3)c(=O)n2C1c1ccccc1. The molecule has 6 nitrogen and oxygen atoms in total. The van der Waals surface area contributed by atoms with E-state index in [9.17, 15) is 9.59 Å². The summed E-state index contributed by atoms with van der Waals surface area (Å²) in [6.07, 6.45) is 1.77. The second-order valence-electron chi connectivity index (χ2n) is 6.92. The number of nitrogens with zero attached hydrogens (tertiary/aromatic N) is 3. The van der Waals surface area contributed by atoms with Crippen molar-refractivity contribution in [2.45, 2.75) is 26.8 Å². The van der Waals surface area contributed by atoms with Crippen LogP contribution >= 0.6 is 11.3 Å². The maximum Gasteiger partial charge on any atom is 0.338 e. The molecule has 0 bridgehead atoms. The van der Waals surface area contributed by atoms with Crippen molar-refractivity contribution in [3.63, 3.8) is 0 Å². The number of esters is 1. The Kier molecular flexibility index (Phi) is 5.46. The first-order valence-corrected chi connectivity index (χ1v) is 10.5. The molecule has 0 saturated heterocycles. The highest BCUT2D eigenvalue weighted by Crippen LogP contribution is 2.30. The molecule has 152 valence electrons. The number of benzene rings is 1. The van der Waals surface area contributed by atoms with Gasteiger partial charge in [-0.2, -0.15) is 0 Å². The minimum Gasteiger partial charge on any atom is -0.463 e. The lowest BCUT2D eigenvalue weighted by atomic mass is 9.96. The molecule has 1 aliphatic heterocycles. The van der Waals surface area contributed by atoms with E-state index in [0.717, 1.165) is 11.3 Å². The average molecular weight is 420 g/mol. The second kappa shape index (κ2) is 8.20. The van der Waals surface area contributed by atoms with E-state index >= 15 is 0 Å². The highest BCUT2D eigenvalue weighted by Gasteiger charge is 2.33. The van der Waals surface area contributed by atoms with Crippen LogP contribution in [0.3, 0.4) is 0 Å². The Morgan fingerprint density at radius 2 is 1.93 bits per heavy atom. The van der Waals surface area contributed by atoms with E-state index in [1.54, 1.807) is 24.5 Å². The molecule has 0 aliphatic carbocycles. The summed E-state index contributed by atoms with van der Waals surface area (Å²) in [6, 6.07) is 14.6. The minimum absolute atomic E-state index is 0.204. The number of rotatable bonds is 4. The van der Waals surface area contributed by atoms with E-state index < -0.39 is 12.0 Å². The monoisotopic (exact) mass is 419 g/mol. The van der Waals surface area contributed by atoms with Gasteiger partial charge in [0.15, 0.2) is 4.80 Å². The Balaban J connectivity index is 1.96. The van der Waals surface area contributed by atoms with E-state index in [-0.39, 0.29) is 12.2 Å². The smallest absolute Gasteiger partial charge is 0.338 e. The zero-order valence-corrected chi connectivity index (χ0v) is 17.8. The fourth-order valence-electron chi connectivity index (χ4n) is 3.52. The maximum absolute atomic E-state index is 13.4. The van der Waals surface area contributed by atoms with Crippen molar-refractivity contribution < 1.29 is 9.53 Å². The predicted octanol–water partition coefficient (Wildman–Crippen LogP) is 2.50. The molecule has 0 radical (unpaired) electrons. The Bertz CT molecular complexity index is 1320. The molecule has 0 N–H and O–H groups in total. The van der Waals surface area contributed by atoms with Crippen LogP contribution in [0.5, 0.6) is 0 Å². The van der Waals surface area contributed by atoms with Crippen LogP contribution < -0.4 is 14.9 Å². The van der Waals surface area contributed by atoms with Crippen molar-refractivity contribution in [2.24, 2.45) is 4.99 Å². The number of allylic oxidation sites excluding steroid dienone is 1. The van der Waals surface area contributed by atoms with E-state index in [4.69, 9.17) is 4.74 Å². The summed E-state index contributed by atoms with van der Waals surface area (Å²) in [5.41, 5.74) is 3.15. The minimum atomic E-state index is -0.589. The Morgan fingerprint density at radius 1 is 1.17 bits per heavy atom. The van der Waals surface area contributed by atoms with Crippen LogP contribution in [-0.2, 0) is 9.53 Å². The van der Waals surface area contributed by atoms with Gasteiger partial charge >= 0.3 is 5.97 Å². The summed E-state index contributed by atoms with van der Waals surface area (Å²) in [6.45, 7) is 5.70. The lowest BCUT2D eigenvalue weighted by Crippen LogP contribution is -2.39. The van der Waals surface area contributed by atoms with Crippen LogP contribution in [0.1, 0.15) is 36.8 Å². The first-order chi connectivity index (χ1) is 14.5. The molecule has 4 rings (SSSR count). The lowest BCUT2D eigenvalue weighted by Gasteiger charge is -2.24. The van der Waals surface area contributed by atoms with Crippen LogP contribution in [0.4, 0.5) is 0 Å². The van der Waals surface area contributed by atoms with Gasteiger partial charge in [0.2, 0.25) is 0 Å². The zero-order valence-electron chi connectivity index (χ0n) is 17.0. The van der Waals surface area contributed by atoms with Crippen molar-refractivity contribution in [3.05, 3.63) is 96.4 Å². The highest BCUT2D eigenvalue weighted by molar-refractivity contribution is 7.07. The molecule has 1 aliphatic rings. The van der Waals surface area contributed by atoms with Gasteiger partial charge in [0.05, 0.1) is 34.1 Å². The van der Waals surface area contributed by atoms with Gasteiger partial charge in [0.1, 0.15) is 0 Å². The average Bonchev–Trinajstić information content (AvgIpc) is 3.02. The molecule has 3 aromatic rings. The van der Waals surface area contributed by atoms with Gasteiger partial charge in [0.25, 0.3) is 5.56 Å². The number of carbonyl (C=O) groups is 1. The number of ether oxygens (including phenoxy) is 1. The molecule has 0 saturated carbocycles. The van der Waals surface area contributed by atoms with Gasteiger partial charge < -0.3 is 4.74 Å². The number of hydrogen-bond acceptors (Lipinski definition) is 6. The molecule has 2 aromatic heterocycles. The van der Waals surface area contributed by atoms with Crippen LogP contribution in [0.25, 0.3) is 6.08 Å². The Labute approximate surface area is 177 Å². The van der Waals surface area contributed by atoms with E-state index in [1.807, 2.05) is 55.5 Å². The fourth-order valence-corrected chi connectivity index (χ4v) is 4.55. The van der Waals surface area contributed by atoms with Crippen molar-refractivity contribution in [2.75, 3.05) is 6.61 Å². The largest absolute Gasteiger partial charge is 0.463 e. The van der Waals surface area contributed by atoms with Gasteiger partial charge in [-0.15, -0.1) is 0 Å². The topological polar surface area (TPSA) is 73.6 Å². The number of aryl methyl sites for hydroxylation is 1. The van der Waals surface area contributed by atoms with E-state index in [0.29, 0.717) is 26.3 Å². The summed E-state index contributed by atoms with van der Waals surface area (Å²) in [5.74, 6) is -0.456. The number of pyridine rings is 1. The molecule has 0 spiro atoms. The third-order valence-electron chi connectivity index (χ3n) is 4.82. The normalized spacial score (nSPS) is 16.2. The lowest BCUT2D eigenvalue weighted by molar-refractivity contribution is -0.139. The number of aromatic nitrogens is 2. The second-order valence-corrected chi connectivity index (χ2v) is 7.93. The predicted molar refractivity (Wildman–Crippen MR) is 116 cm³/mol. The van der Waals surface area contributed by atoms with Crippen LogP contribution in [-0.4, -0.2) is 22.1 Å². The van der Waals surface area contributed by atoms with Crippen LogP contribution in [0.15, 0.2) is 69.6 Å². The molecule has 3 heterocycles. The van der Waals surface area contributed by atoms with Gasteiger partial charge in [-0.3, -0.25) is 14.3 Å². The summed E-state index contributed by atoms with van der Waals surface area (Å²) in [7, 11) is 0. The van der Waals surface area contributed by atoms with Crippen molar-refractivity contribution in [3.8, 4) is 0 Å². The molecule has 30 heavy (non-hydrogen) atoms. The molecule has 7 heteroatoms. The summed E-state index contributed by atoms with van der Waals surface area (Å²) in [5, 5.41) is 0. The van der Waals surface area contributed by atoms with Crippen LogP contribution in [0.2, 0.25) is 0 Å². The van der Waals surface area contributed by atoms with E-state index in [2.05, 4.69) is 9.98 Å². The Morgan fingerprint density at radius 3 is 2.63 bits per heavy atom. The number of hydrogen-bond donors (Lipinski definition) is 0. The first kappa shape index (κ1) is 20.0. The van der Waals surface area contributed by atoms with Gasteiger partial charge in [-0.25, -0.2) is 9.79 Å². The van der Waals surface area contributed by atoms with Gasteiger partial charge in [-0.05, 0) is 44.5 Å². The summed E-state index contributed by atoms with van der Waals surface area (Å²) < 4.78 is 7.39. The van der Waals surface area contributed by atoms with Crippen LogP contribution in [0, 0.1) is 6.92 Å². The number of fused-ring (bicyclic) bond motifs is 1. The molecule has 0 amide bonds. The van der Waals surface area contributed by atoms with Crippen molar-refractivity contribution >= 4 is 23.4 Å². The first-order valence-electron chi connectivity index (χ1n) is 9.68. The van der Waals surface area contributed by atoms with Gasteiger partial charge in [0, 0.05) is 5.69 Å². The standard InChI is InChI=1S/C23H21N3O3S/c1-4-29-22(28)19-15(3)25-23-26(20(19)16-10-6-5-7-11-16)21(27)18(30-23)13-17-12-8-9-14(2)24-17/h5-13,20H,4H2,1-3H3/b18-13-. The summed E-state index contributed by atoms with van der Waals surface area (Å²) in [4.78, 5) is 35.8. The summed E-state index contributed by atoms with van der Waals surface area (Å²) >= 11 is 1.29. The highest BCUT2D eigenvalue weighted by atomic mass is 32.1.